The number of likely N-dealkylation sites (tertiary alicyclic amines) is 1. The van der Waals surface area contributed by atoms with Gasteiger partial charge in [0, 0.05) is 18.7 Å². The first kappa shape index (κ1) is 17.4. The molecule has 0 spiro atoms. The highest BCUT2D eigenvalue weighted by molar-refractivity contribution is 5.93. The van der Waals surface area contributed by atoms with E-state index in [0.717, 1.165) is 19.3 Å². The van der Waals surface area contributed by atoms with E-state index >= 15 is 0 Å². The molecular formula is C21H21NO5. The van der Waals surface area contributed by atoms with Crippen molar-refractivity contribution in [2.24, 2.45) is 0 Å². The van der Waals surface area contributed by atoms with E-state index in [9.17, 15) is 9.59 Å². The number of carbonyl (C=O) groups is 2. The van der Waals surface area contributed by atoms with Gasteiger partial charge in [-0.15, -0.1) is 0 Å². The number of benzene rings is 2. The summed E-state index contributed by atoms with van der Waals surface area (Å²) in [6.45, 7) is 1.53. The van der Waals surface area contributed by atoms with Gasteiger partial charge in [0.1, 0.15) is 0 Å². The van der Waals surface area contributed by atoms with E-state index in [1.54, 1.807) is 35.2 Å². The van der Waals surface area contributed by atoms with Crippen molar-refractivity contribution in [3.05, 3.63) is 59.7 Å². The molecular weight excluding hydrogens is 346 g/mol. The van der Waals surface area contributed by atoms with Crippen LogP contribution in [0.15, 0.2) is 48.5 Å². The van der Waals surface area contributed by atoms with Crippen molar-refractivity contribution in [2.75, 3.05) is 19.9 Å². The summed E-state index contributed by atoms with van der Waals surface area (Å²) in [6, 6.07) is 14.0. The minimum absolute atomic E-state index is 0.133. The predicted molar refractivity (Wildman–Crippen MR) is 97.6 cm³/mol. The SMILES string of the molecule is O=C(O[C@@H](C(=O)N1CCCCC1)c1ccccc1)c1ccc2c(c1)OCO2. The Morgan fingerprint density at radius 3 is 2.44 bits per heavy atom. The lowest BCUT2D eigenvalue weighted by Crippen LogP contribution is -2.40. The Morgan fingerprint density at radius 2 is 1.67 bits per heavy atom. The fraction of sp³-hybridized carbons (Fsp3) is 0.333. The molecule has 2 aliphatic rings. The molecule has 0 saturated carbocycles. The Morgan fingerprint density at radius 1 is 0.926 bits per heavy atom. The Bertz CT molecular complexity index is 830. The van der Waals surface area contributed by atoms with Crippen molar-refractivity contribution in [3.63, 3.8) is 0 Å². The second-order valence-electron chi connectivity index (χ2n) is 6.65. The standard InChI is InChI=1S/C21H21NO5/c23-20(22-11-5-2-6-12-22)19(15-7-3-1-4-8-15)27-21(24)16-9-10-17-18(13-16)26-14-25-17/h1,3-4,7-10,13,19H,2,5-6,11-12,14H2/t19-/m1/s1. The van der Waals surface area contributed by atoms with Crippen LogP contribution in [-0.4, -0.2) is 36.7 Å². The summed E-state index contributed by atoms with van der Waals surface area (Å²) in [4.78, 5) is 27.6. The van der Waals surface area contributed by atoms with Gasteiger partial charge in [-0.3, -0.25) is 4.79 Å². The van der Waals surface area contributed by atoms with Gasteiger partial charge in [-0.25, -0.2) is 4.79 Å². The molecule has 0 aliphatic carbocycles. The van der Waals surface area contributed by atoms with Gasteiger partial charge in [0.2, 0.25) is 12.9 Å². The van der Waals surface area contributed by atoms with E-state index in [4.69, 9.17) is 14.2 Å². The fourth-order valence-electron chi connectivity index (χ4n) is 3.37. The van der Waals surface area contributed by atoms with Gasteiger partial charge in [-0.1, -0.05) is 30.3 Å². The summed E-state index contributed by atoms with van der Waals surface area (Å²) < 4.78 is 16.3. The monoisotopic (exact) mass is 367 g/mol. The molecule has 2 aromatic carbocycles. The molecule has 2 heterocycles. The van der Waals surface area contributed by atoms with Crippen molar-refractivity contribution in [1.29, 1.82) is 0 Å². The number of esters is 1. The van der Waals surface area contributed by atoms with Crippen molar-refractivity contribution in [1.82, 2.24) is 4.90 Å². The Labute approximate surface area is 157 Å². The smallest absolute Gasteiger partial charge is 0.339 e. The number of nitrogens with zero attached hydrogens (tertiary/aromatic N) is 1. The molecule has 2 aliphatic heterocycles. The van der Waals surface area contributed by atoms with Crippen molar-refractivity contribution >= 4 is 11.9 Å². The summed E-state index contributed by atoms with van der Waals surface area (Å²) in [6.07, 6.45) is 2.12. The molecule has 1 atom stereocenters. The van der Waals surface area contributed by atoms with E-state index in [-0.39, 0.29) is 12.7 Å². The van der Waals surface area contributed by atoms with Gasteiger partial charge in [-0.05, 0) is 37.5 Å². The topological polar surface area (TPSA) is 65.1 Å². The third kappa shape index (κ3) is 3.74. The van der Waals surface area contributed by atoms with Crippen molar-refractivity contribution in [3.8, 4) is 11.5 Å². The highest BCUT2D eigenvalue weighted by Crippen LogP contribution is 2.33. The Kier molecular flexibility index (Phi) is 4.96. The highest BCUT2D eigenvalue weighted by Gasteiger charge is 2.31. The van der Waals surface area contributed by atoms with Gasteiger partial charge in [-0.2, -0.15) is 0 Å². The van der Waals surface area contributed by atoms with Crippen LogP contribution in [0.2, 0.25) is 0 Å². The van der Waals surface area contributed by atoms with E-state index in [2.05, 4.69) is 0 Å². The first-order chi connectivity index (χ1) is 13.2. The lowest BCUT2D eigenvalue weighted by atomic mass is 10.1. The molecule has 6 heteroatoms. The van der Waals surface area contributed by atoms with Crippen LogP contribution in [0.1, 0.15) is 41.3 Å². The second-order valence-corrected chi connectivity index (χ2v) is 6.65. The Balaban J connectivity index is 1.57. The zero-order chi connectivity index (χ0) is 18.6. The number of rotatable bonds is 4. The van der Waals surface area contributed by atoms with Gasteiger partial charge in [0.25, 0.3) is 5.91 Å². The van der Waals surface area contributed by atoms with Crippen LogP contribution in [0.5, 0.6) is 11.5 Å². The summed E-state index contributed by atoms with van der Waals surface area (Å²) in [7, 11) is 0. The number of ether oxygens (including phenoxy) is 3. The third-order valence-corrected chi connectivity index (χ3v) is 4.83. The number of hydrogen-bond acceptors (Lipinski definition) is 5. The molecule has 0 aromatic heterocycles. The minimum Gasteiger partial charge on any atom is -0.454 e. The number of carbonyl (C=O) groups excluding carboxylic acids is 2. The van der Waals surface area contributed by atoms with E-state index in [0.29, 0.717) is 35.7 Å². The van der Waals surface area contributed by atoms with Crippen LogP contribution in [0.4, 0.5) is 0 Å². The van der Waals surface area contributed by atoms with Gasteiger partial charge in [0.05, 0.1) is 5.56 Å². The average Bonchev–Trinajstić information content (AvgIpc) is 3.20. The largest absolute Gasteiger partial charge is 0.454 e. The van der Waals surface area contributed by atoms with Crippen LogP contribution in [0, 0.1) is 0 Å². The van der Waals surface area contributed by atoms with Crippen molar-refractivity contribution in [2.45, 2.75) is 25.4 Å². The zero-order valence-electron chi connectivity index (χ0n) is 14.9. The minimum atomic E-state index is -0.956. The maximum Gasteiger partial charge on any atom is 0.339 e. The highest BCUT2D eigenvalue weighted by atomic mass is 16.7. The number of hydrogen-bond donors (Lipinski definition) is 0. The number of amides is 1. The molecule has 0 unspecified atom stereocenters. The van der Waals surface area contributed by atoms with Crippen LogP contribution < -0.4 is 9.47 Å². The zero-order valence-corrected chi connectivity index (χ0v) is 14.9. The van der Waals surface area contributed by atoms with Crippen molar-refractivity contribution < 1.29 is 23.8 Å². The molecule has 1 saturated heterocycles. The lowest BCUT2D eigenvalue weighted by molar-refractivity contribution is -0.142. The molecule has 0 bridgehead atoms. The molecule has 2 aromatic rings. The summed E-state index contributed by atoms with van der Waals surface area (Å²) >= 11 is 0. The molecule has 140 valence electrons. The summed E-state index contributed by atoms with van der Waals surface area (Å²) in [5.41, 5.74) is 0.994. The second kappa shape index (κ2) is 7.70. The molecule has 0 N–H and O–H groups in total. The maximum atomic E-state index is 13.1. The van der Waals surface area contributed by atoms with E-state index in [1.807, 2.05) is 18.2 Å². The fourth-order valence-corrected chi connectivity index (χ4v) is 3.37. The van der Waals surface area contributed by atoms with Crippen LogP contribution >= 0.6 is 0 Å². The molecule has 0 radical (unpaired) electrons. The van der Waals surface area contributed by atoms with Gasteiger partial charge < -0.3 is 19.1 Å². The van der Waals surface area contributed by atoms with E-state index < -0.39 is 12.1 Å². The van der Waals surface area contributed by atoms with Gasteiger partial charge >= 0.3 is 5.97 Å². The molecule has 27 heavy (non-hydrogen) atoms. The molecule has 4 rings (SSSR count). The molecule has 6 nitrogen and oxygen atoms in total. The number of piperidine rings is 1. The van der Waals surface area contributed by atoms with E-state index in [1.165, 1.54) is 0 Å². The molecule has 1 amide bonds. The Hall–Kier alpha value is -3.02. The predicted octanol–water partition coefficient (Wildman–Crippen LogP) is 3.33. The third-order valence-electron chi connectivity index (χ3n) is 4.83. The quantitative estimate of drug-likeness (QED) is 0.776. The first-order valence-corrected chi connectivity index (χ1v) is 9.17. The molecule has 1 fully saturated rings. The lowest BCUT2D eigenvalue weighted by Gasteiger charge is -2.30. The van der Waals surface area contributed by atoms with Gasteiger partial charge in [0.15, 0.2) is 11.5 Å². The maximum absolute atomic E-state index is 13.1. The summed E-state index contributed by atoms with van der Waals surface area (Å²) in [5.74, 6) is 0.362. The van der Waals surface area contributed by atoms with Crippen LogP contribution in [0.25, 0.3) is 0 Å². The number of fused-ring (bicyclic) bond motifs is 1. The normalized spacial score (nSPS) is 16.7. The van der Waals surface area contributed by atoms with Crippen LogP contribution in [-0.2, 0) is 9.53 Å². The summed E-state index contributed by atoms with van der Waals surface area (Å²) in [5, 5.41) is 0. The average molecular weight is 367 g/mol. The van der Waals surface area contributed by atoms with Crippen LogP contribution in [0.3, 0.4) is 0 Å². The first-order valence-electron chi connectivity index (χ1n) is 9.17.